The van der Waals surface area contributed by atoms with E-state index in [1.54, 1.807) is 13.2 Å². The normalized spacial score (nSPS) is 17.1. The van der Waals surface area contributed by atoms with E-state index < -0.39 is 6.17 Å². The van der Waals surface area contributed by atoms with Gasteiger partial charge in [-0.05, 0) is 93.9 Å². The van der Waals surface area contributed by atoms with Gasteiger partial charge >= 0.3 is 0 Å². The van der Waals surface area contributed by atoms with E-state index >= 15 is 4.39 Å². The van der Waals surface area contributed by atoms with E-state index in [-0.39, 0.29) is 12.0 Å². The van der Waals surface area contributed by atoms with Crippen molar-refractivity contribution in [2.75, 3.05) is 33.4 Å². The summed E-state index contributed by atoms with van der Waals surface area (Å²) in [7, 11) is 1.58. The van der Waals surface area contributed by atoms with Crippen LogP contribution in [-0.2, 0) is 6.42 Å². The van der Waals surface area contributed by atoms with E-state index in [0.29, 0.717) is 40.1 Å². The number of alkyl halides is 1. The number of hydrogen-bond acceptors (Lipinski definition) is 5. The second-order valence-electron chi connectivity index (χ2n) is 9.33. The minimum absolute atomic E-state index is 0.0835. The van der Waals surface area contributed by atoms with Gasteiger partial charge in [-0.25, -0.2) is 4.39 Å². The summed E-state index contributed by atoms with van der Waals surface area (Å²) in [5.74, 6) is 0.646. The van der Waals surface area contributed by atoms with Gasteiger partial charge in [-0.15, -0.1) is 0 Å². The first-order valence-corrected chi connectivity index (χ1v) is 12.4. The maximum absolute atomic E-state index is 15.6. The van der Waals surface area contributed by atoms with Gasteiger partial charge < -0.3 is 14.7 Å². The summed E-state index contributed by atoms with van der Waals surface area (Å²) in [6, 6.07) is 11.4. The molecule has 0 aliphatic carbocycles. The molecular formula is C27H33ClFN3O2. The van der Waals surface area contributed by atoms with Gasteiger partial charge in [0.15, 0.2) is 0 Å². The molecule has 0 spiro atoms. The first-order valence-electron chi connectivity index (χ1n) is 12.0. The number of hydrogen-bond donors (Lipinski definition) is 1. The lowest BCUT2D eigenvalue weighted by Gasteiger charge is -2.41. The van der Waals surface area contributed by atoms with Gasteiger partial charge in [0.2, 0.25) is 0 Å². The first-order chi connectivity index (χ1) is 16.5. The van der Waals surface area contributed by atoms with E-state index in [0.717, 1.165) is 51.0 Å². The highest BCUT2D eigenvalue weighted by Crippen LogP contribution is 2.41. The molecule has 1 fully saturated rings. The van der Waals surface area contributed by atoms with E-state index in [4.69, 9.17) is 16.3 Å². The molecule has 3 aromatic rings. The van der Waals surface area contributed by atoms with Gasteiger partial charge in [-0.2, -0.15) is 0 Å². The predicted molar refractivity (Wildman–Crippen MR) is 134 cm³/mol. The standard InChI is InChI=1S/C27H33ClFN3O2/c1-34-21-7-8-25-22(17-21)26(23(28)18-31-25)24(29)9-10-27(19-33)11-15-32(16-12-27)14-4-6-20-5-2-3-13-30-20/h2-3,5,7-8,13,17-18,24,33H,4,6,9-12,14-16,19H2,1H3/t24-/m1/s1. The molecular weight excluding hydrogens is 453 g/mol. The zero-order chi connectivity index (χ0) is 24.0. The van der Waals surface area contributed by atoms with Crippen molar-refractivity contribution in [3.05, 3.63) is 65.1 Å². The molecule has 5 nitrogen and oxygen atoms in total. The van der Waals surface area contributed by atoms with Gasteiger partial charge in [-0.1, -0.05) is 17.7 Å². The summed E-state index contributed by atoms with van der Waals surface area (Å²) in [5.41, 5.74) is 2.04. The number of fused-ring (bicyclic) bond motifs is 1. The highest BCUT2D eigenvalue weighted by atomic mass is 35.5. The molecule has 3 heterocycles. The Morgan fingerprint density at radius 1 is 1.21 bits per heavy atom. The van der Waals surface area contributed by atoms with Gasteiger partial charge in [0.1, 0.15) is 11.9 Å². The SMILES string of the molecule is COc1ccc2ncc(Cl)c([C@H](F)CCC3(CO)CCN(CCCc4ccccn4)CC3)c2c1. The maximum atomic E-state index is 15.6. The summed E-state index contributed by atoms with van der Waals surface area (Å²) >= 11 is 6.39. The first kappa shape index (κ1) is 24.8. The molecule has 0 saturated carbocycles. The molecule has 0 radical (unpaired) electrons. The quantitative estimate of drug-likeness (QED) is 0.394. The van der Waals surface area contributed by atoms with Crippen LogP contribution in [-0.4, -0.2) is 53.3 Å². The molecule has 182 valence electrons. The smallest absolute Gasteiger partial charge is 0.127 e. The van der Waals surface area contributed by atoms with Crippen LogP contribution in [0.4, 0.5) is 4.39 Å². The summed E-state index contributed by atoms with van der Waals surface area (Å²) in [5, 5.41) is 11.2. The van der Waals surface area contributed by atoms with Crippen LogP contribution in [0.25, 0.3) is 10.9 Å². The molecule has 1 N–H and O–H groups in total. The van der Waals surface area contributed by atoms with Gasteiger partial charge in [0, 0.05) is 35.6 Å². The van der Waals surface area contributed by atoms with E-state index in [1.165, 1.54) is 6.20 Å². The molecule has 1 saturated heterocycles. The topological polar surface area (TPSA) is 58.5 Å². The van der Waals surface area contributed by atoms with Crippen molar-refractivity contribution in [2.45, 2.75) is 44.7 Å². The Morgan fingerprint density at radius 3 is 2.74 bits per heavy atom. The van der Waals surface area contributed by atoms with E-state index in [1.807, 2.05) is 30.5 Å². The van der Waals surface area contributed by atoms with Crippen molar-refractivity contribution in [1.29, 1.82) is 0 Å². The zero-order valence-corrected chi connectivity index (χ0v) is 20.5. The third-order valence-corrected chi connectivity index (χ3v) is 7.50. The number of rotatable bonds is 10. The van der Waals surface area contributed by atoms with E-state index in [9.17, 15) is 5.11 Å². The lowest BCUT2D eigenvalue weighted by atomic mass is 9.74. The minimum atomic E-state index is -1.23. The van der Waals surface area contributed by atoms with Gasteiger partial charge in [-0.3, -0.25) is 9.97 Å². The average Bonchev–Trinajstić information content (AvgIpc) is 2.88. The van der Waals surface area contributed by atoms with Crippen molar-refractivity contribution in [1.82, 2.24) is 14.9 Å². The number of methoxy groups -OCH3 is 1. The van der Waals surface area contributed by atoms with Crippen molar-refractivity contribution in [3.8, 4) is 5.75 Å². The van der Waals surface area contributed by atoms with Crippen LogP contribution in [0.3, 0.4) is 0 Å². The van der Waals surface area contributed by atoms with Crippen LogP contribution in [0.1, 0.15) is 49.5 Å². The Hall–Kier alpha value is -2.28. The number of benzene rings is 1. The van der Waals surface area contributed by atoms with Gasteiger partial charge in [0.25, 0.3) is 0 Å². The number of piperidine rings is 1. The van der Waals surface area contributed by atoms with Crippen molar-refractivity contribution < 1.29 is 14.2 Å². The average molecular weight is 486 g/mol. The molecule has 2 aromatic heterocycles. The van der Waals surface area contributed by atoms with Crippen molar-refractivity contribution in [2.24, 2.45) is 5.41 Å². The fraction of sp³-hybridized carbons (Fsp3) is 0.481. The number of ether oxygens (including phenoxy) is 1. The van der Waals surface area contributed by atoms with Crippen LogP contribution >= 0.6 is 11.6 Å². The fourth-order valence-electron chi connectivity index (χ4n) is 4.96. The summed E-state index contributed by atoms with van der Waals surface area (Å²) in [6.07, 6.45) is 6.84. The second-order valence-corrected chi connectivity index (χ2v) is 9.74. The van der Waals surface area contributed by atoms with Crippen LogP contribution in [0.2, 0.25) is 5.02 Å². The molecule has 1 aromatic carbocycles. The molecule has 34 heavy (non-hydrogen) atoms. The molecule has 0 amide bonds. The van der Waals surface area contributed by atoms with Crippen LogP contribution < -0.4 is 4.74 Å². The summed E-state index contributed by atoms with van der Waals surface area (Å²) in [6.45, 7) is 2.95. The second kappa shape index (κ2) is 11.4. The van der Waals surface area contributed by atoms with E-state index in [2.05, 4.69) is 20.9 Å². The molecule has 0 bridgehead atoms. The number of likely N-dealkylation sites (tertiary alicyclic amines) is 1. The highest BCUT2D eigenvalue weighted by Gasteiger charge is 2.35. The number of pyridine rings is 2. The maximum Gasteiger partial charge on any atom is 0.127 e. The fourth-order valence-corrected chi connectivity index (χ4v) is 5.23. The number of aliphatic hydroxyl groups excluding tert-OH is 1. The molecule has 4 rings (SSSR count). The monoisotopic (exact) mass is 485 g/mol. The molecule has 7 heteroatoms. The van der Waals surface area contributed by atoms with Crippen LogP contribution in [0.5, 0.6) is 5.75 Å². The molecule has 1 aliphatic rings. The number of aryl methyl sites for hydroxylation is 1. The third-order valence-electron chi connectivity index (χ3n) is 7.20. The molecule has 1 atom stereocenters. The van der Waals surface area contributed by atoms with Gasteiger partial charge in [0.05, 0.1) is 17.6 Å². The Kier molecular flexibility index (Phi) is 8.35. The number of aromatic nitrogens is 2. The zero-order valence-electron chi connectivity index (χ0n) is 19.7. The van der Waals surface area contributed by atoms with Crippen molar-refractivity contribution >= 4 is 22.5 Å². The highest BCUT2D eigenvalue weighted by molar-refractivity contribution is 6.32. The van der Waals surface area contributed by atoms with Crippen LogP contribution in [0, 0.1) is 5.41 Å². The largest absolute Gasteiger partial charge is 0.497 e. The Bertz CT molecular complexity index is 1070. The lowest BCUT2D eigenvalue weighted by molar-refractivity contribution is 0.0300. The third kappa shape index (κ3) is 5.85. The minimum Gasteiger partial charge on any atom is -0.497 e. The van der Waals surface area contributed by atoms with Crippen LogP contribution in [0.15, 0.2) is 48.8 Å². The Morgan fingerprint density at radius 2 is 2.03 bits per heavy atom. The number of aliphatic hydroxyl groups is 1. The Labute approximate surface area is 205 Å². The van der Waals surface area contributed by atoms with Crippen molar-refractivity contribution in [3.63, 3.8) is 0 Å². The lowest BCUT2D eigenvalue weighted by Crippen LogP contribution is -2.42. The Balaban J connectivity index is 1.34. The predicted octanol–water partition coefficient (Wildman–Crippen LogP) is 5.79. The number of nitrogens with zero attached hydrogens (tertiary/aromatic N) is 3. The molecule has 1 aliphatic heterocycles. The molecule has 0 unspecified atom stereocenters. The number of halogens is 2. The summed E-state index contributed by atoms with van der Waals surface area (Å²) < 4.78 is 20.9. The summed E-state index contributed by atoms with van der Waals surface area (Å²) in [4.78, 5) is 11.2.